The summed E-state index contributed by atoms with van der Waals surface area (Å²) in [5.41, 5.74) is 3.61. The minimum Gasteiger partial charge on any atom is -0.474 e. The van der Waals surface area contributed by atoms with Crippen molar-refractivity contribution in [3.63, 3.8) is 0 Å². The van der Waals surface area contributed by atoms with Crippen LogP contribution >= 0.6 is 0 Å². The van der Waals surface area contributed by atoms with Crippen LogP contribution in [0.15, 0.2) is 11.1 Å². The van der Waals surface area contributed by atoms with E-state index in [0.717, 1.165) is 24.0 Å². The molecule has 1 aromatic carbocycles. The van der Waals surface area contributed by atoms with Crippen LogP contribution in [-0.4, -0.2) is 39.8 Å². The second kappa shape index (κ2) is 7.49. The first kappa shape index (κ1) is 20.3. The van der Waals surface area contributed by atoms with Gasteiger partial charge in [-0.15, -0.1) is 0 Å². The van der Waals surface area contributed by atoms with Gasteiger partial charge in [-0.3, -0.25) is 0 Å². The number of carbonyl (C=O) groups excluding carboxylic acids is 1. The molecule has 5 rings (SSSR count). The molecule has 0 radical (unpaired) electrons. The maximum Gasteiger partial charge on any atom is 0.331 e. The Hall–Kier alpha value is -2.66. The van der Waals surface area contributed by atoms with Gasteiger partial charge in [-0.1, -0.05) is 0 Å². The number of fused-ring (bicyclic) bond motifs is 3. The average Bonchev–Trinajstić information content (AvgIpc) is 3.49. The molecule has 1 aliphatic heterocycles. The van der Waals surface area contributed by atoms with Crippen molar-refractivity contribution in [2.75, 3.05) is 19.0 Å². The normalized spacial score (nSPS) is 20.9. The first-order chi connectivity index (χ1) is 14.9. The van der Waals surface area contributed by atoms with Crippen LogP contribution in [0.25, 0.3) is 0 Å². The summed E-state index contributed by atoms with van der Waals surface area (Å²) in [6.07, 6.45) is 5.45. The van der Waals surface area contributed by atoms with E-state index in [9.17, 15) is 13.4 Å². The van der Waals surface area contributed by atoms with Crippen molar-refractivity contribution < 1.29 is 22.9 Å². The van der Waals surface area contributed by atoms with Crippen LogP contribution in [0.2, 0.25) is 0 Å². The molecule has 0 bridgehead atoms. The summed E-state index contributed by atoms with van der Waals surface area (Å²) in [7, 11) is -2.16. The Morgan fingerprint density at radius 1 is 1.26 bits per heavy atom. The quantitative estimate of drug-likeness (QED) is 0.663. The Morgan fingerprint density at radius 2 is 1.90 bits per heavy atom. The number of halogens is 1. The molecule has 3 aliphatic rings. The molecule has 31 heavy (non-hydrogen) atoms. The van der Waals surface area contributed by atoms with Gasteiger partial charge in [0.1, 0.15) is 23.4 Å². The van der Waals surface area contributed by atoms with Gasteiger partial charge in [-0.25, -0.2) is 27.6 Å². The zero-order chi connectivity index (χ0) is 21.8. The van der Waals surface area contributed by atoms with Crippen molar-refractivity contribution in [2.24, 2.45) is 0 Å². The number of nitrogens with zero attached hydrogens (tertiary/aromatic N) is 2. The maximum absolute atomic E-state index is 14.8. The minimum atomic E-state index is -3.72. The van der Waals surface area contributed by atoms with Crippen LogP contribution in [0.3, 0.4) is 0 Å². The smallest absolute Gasteiger partial charge is 0.331 e. The number of urea groups is 1. The summed E-state index contributed by atoms with van der Waals surface area (Å²) in [6, 6.07) is -0.764. The summed E-state index contributed by atoms with van der Waals surface area (Å²) in [5, 5.41) is 6.90. The first-order valence-electron chi connectivity index (χ1n) is 10.3. The van der Waals surface area contributed by atoms with E-state index >= 15 is 0 Å². The molecule has 2 aromatic rings. The summed E-state index contributed by atoms with van der Waals surface area (Å²) in [4.78, 5) is 12.8. The lowest BCUT2D eigenvalue weighted by molar-refractivity contribution is 0.0165. The average molecular weight is 450 g/mol. The van der Waals surface area contributed by atoms with Crippen molar-refractivity contribution in [2.45, 2.75) is 56.1 Å². The lowest BCUT2D eigenvalue weighted by atomic mass is 9.98. The first-order valence-corrected chi connectivity index (χ1v) is 11.9. The van der Waals surface area contributed by atoms with Gasteiger partial charge in [0.05, 0.1) is 12.7 Å². The van der Waals surface area contributed by atoms with Gasteiger partial charge < -0.3 is 14.8 Å². The molecule has 0 fully saturated rings. The van der Waals surface area contributed by atoms with Crippen LogP contribution in [0.5, 0.6) is 5.88 Å². The van der Waals surface area contributed by atoms with E-state index in [2.05, 4.69) is 15.1 Å². The highest BCUT2D eigenvalue weighted by molar-refractivity contribution is 7.91. The number of ether oxygens (including phenoxy) is 2. The number of amides is 2. The summed E-state index contributed by atoms with van der Waals surface area (Å²) in [6.45, 7) is 0.645. The fraction of sp³-hybridized carbons (Fsp3) is 0.500. The number of rotatable bonds is 4. The highest BCUT2D eigenvalue weighted by Gasteiger charge is 2.32. The number of hydrogen-bond donors (Lipinski definition) is 3. The van der Waals surface area contributed by atoms with E-state index in [1.165, 1.54) is 10.9 Å². The van der Waals surface area contributed by atoms with E-state index in [1.54, 1.807) is 7.11 Å². The Balaban J connectivity index is 1.40. The van der Waals surface area contributed by atoms with Gasteiger partial charge in [0.2, 0.25) is 5.88 Å². The predicted molar refractivity (Wildman–Crippen MR) is 110 cm³/mol. The number of hydrogen-bond acceptors (Lipinski definition) is 6. The molecular weight excluding hydrogens is 425 g/mol. The molecule has 3 N–H and O–H groups in total. The van der Waals surface area contributed by atoms with Crippen LogP contribution in [0.1, 0.15) is 35.1 Å². The molecule has 2 heterocycles. The molecular formula is C20H24FN5O4S. The van der Waals surface area contributed by atoms with Crippen LogP contribution in [0.4, 0.5) is 14.9 Å². The van der Waals surface area contributed by atoms with Crippen molar-refractivity contribution in [3.8, 4) is 5.88 Å². The van der Waals surface area contributed by atoms with Crippen molar-refractivity contribution in [3.05, 3.63) is 34.3 Å². The second-order valence-corrected chi connectivity index (χ2v) is 9.84. The summed E-state index contributed by atoms with van der Waals surface area (Å²) < 4.78 is 50.7. The molecule has 166 valence electrons. The Labute approximate surface area is 179 Å². The lowest BCUT2D eigenvalue weighted by Crippen LogP contribution is -2.35. The third-order valence-electron chi connectivity index (χ3n) is 6.23. The molecule has 2 aliphatic carbocycles. The van der Waals surface area contributed by atoms with Crippen LogP contribution < -0.4 is 14.8 Å². The topological polar surface area (TPSA) is 118 Å². The van der Waals surface area contributed by atoms with Gasteiger partial charge in [-0.05, 0) is 60.8 Å². The number of benzene rings is 1. The third kappa shape index (κ3) is 3.35. The zero-order valence-corrected chi connectivity index (χ0v) is 17.9. The summed E-state index contributed by atoms with van der Waals surface area (Å²) >= 11 is 0. The molecule has 2 amide bonds. The fourth-order valence-electron chi connectivity index (χ4n) is 4.75. The number of aromatic nitrogens is 2. The van der Waals surface area contributed by atoms with Crippen molar-refractivity contribution >= 4 is 21.6 Å². The molecule has 1 unspecified atom stereocenters. The molecule has 0 spiro atoms. The Morgan fingerprint density at radius 3 is 2.55 bits per heavy atom. The SMILES string of the molecule is CO[C@@H]1COc2c(S(=N)(=O)NC(=O)Nc3c4c(c(F)c5c3CCC5)CCC4)cnn2C1. The standard InChI is InChI=1S/C20H24FN5O4S/c1-29-11-9-26-19(30-10-11)16(8-23-26)31(22,28)25-20(27)24-18-14-6-2-4-12(14)17(21)13-5-3-7-15(13)18/h8,11H,2-7,9-10H2,1H3,(H3,22,24,25,27,28)/t11-,31?/m0/s1. The van der Waals surface area contributed by atoms with E-state index in [0.29, 0.717) is 49.0 Å². The largest absolute Gasteiger partial charge is 0.474 e. The summed E-state index contributed by atoms with van der Waals surface area (Å²) in [5.74, 6) is 0.0606. The van der Waals surface area contributed by atoms with Crippen molar-refractivity contribution in [1.29, 1.82) is 4.78 Å². The highest BCUT2D eigenvalue weighted by atomic mass is 32.2. The monoisotopic (exact) mass is 449 g/mol. The van der Waals surface area contributed by atoms with E-state index in [1.807, 2.05) is 0 Å². The number of anilines is 1. The van der Waals surface area contributed by atoms with E-state index < -0.39 is 15.9 Å². The Kier molecular flexibility index (Phi) is 4.89. The minimum absolute atomic E-state index is 0.00627. The molecule has 2 atom stereocenters. The van der Waals surface area contributed by atoms with Gasteiger partial charge in [-0.2, -0.15) is 5.10 Å². The van der Waals surface area contributed by atoms with Crippen molar-refractivity contribution in [1.82, 2.24) is 14.5 Å². The van der Waals surface area contributed by atoms with Gasteiger partial charge in [0, 0.05) is 12.8 Å². The molecule has 0 saturated heterocycles. The fourth-order valence-corrected chi connectivity index (χ4v) is 5.78. The number of carbonyl (C=O) groups is 1. The number of nitrogens with one attached hydrogen (secondary N) is 3. The molecule has 1 aromatic heterocycles. The maximum atomic E-state index is 14.8. The second-order valence-electron chi connectivity index (χ2n) is 8.09. The van der Waals surface area contributed by atoms with Gasteiger partial charge in [0.15, 0.2) is 9.92 Å². The van der Waals surface area contributed by atoms with E-state index in [-0.39, 0.29) is 29.3 Å². The van der Waals surface area contributed by atoms with Crippen LogP contribution in [0, 0.1) is 10.6 Å². The Bertz CT molecular complexity index is 1140. The lowest BCUT2D eigenvalue weighted by Gasteiger charge is -2.23. The molecule has 0 saturated carbocycles. The third-order valence-corrected chi connectivity index (χ3v) is 7.60. The predicted octanol–water partition coefficient (Wildman–Crippen LogP) is 2.55. The molecule has 9 nitrogen and oxygen atoms in total. The van der Waals surface area contributed by atoms with Gasteiger partial charge >= 0.3 is 6.03 Å². The highest BCUT2D eigenvalue weighted by Crippen LogP contribution is 2.41. The number of methoxy groups -OCH3 is 1. The zero-order valence-electron chi connectivity index (χ0n) is 17.1. The van der Waals surface area contributed by atoms with Crippen LogP contribution in [-0.2, 0) is 46.9 Å². The van der Waals surface area contributed by atoms with Gasteiger partial charge in [0.25, 0.3) is 0 Å². The molecule has 11 heteroatoms. The van der Waals surface area contributed by atoms with E-state index in [4.69, 9.17) is 14.3 Å².